The molecule has 2 rings (SSSR count). The van der Waals surface area contributed by atoms with Gasteiger partial charge in [-0.3, -0.25) is 0 Å². The molecule has 3 N–H and O–H groups in total. The zero-order chi connectivity index (χ0) is 12.8. The molecule has 17 heavy (non-hydrogen) atoms. The van der Waals surface area contributed by atoms with Gasteiger partial charge < -0.3 is 15.6 Å². The lowest BCUT2D eigenvalue weighted by Gasteiger charge is -2.22. The van der Waals surface area contributed by atoms with Crippen LogP contribution in [0.15, 0.2) is 4.47 Å². The van der Waals surface area contributed by atoms with Crippen LogP contribution in [0.1, 0.15) is 29.5 Å². The molecule has 4 heteroatoms. The lowest BCUT2D eigenvalue weighted by atomic mass is 9.89. The molecule has 0 amide bonds. The van der Waals surface area contributed by atoms with Crippen LogP contribution in [-0.2, 0) is 5.41 Å². The van der Waals surface area contributed by atoms with Crippen molar-refractivity contribution in [2.45, 2.75) is 32.1 Å². The first-order valence-corrected chi connectivity index (χ1v) is 6.54. The molecule has 0 atom stereocenters. The molecule has 1 fully saturated rings. The summed E-state index contributed by atoms with van der Waals surface area (Å²) in [5, 5.41) is 10.4. The third-order valence-electron chi connectivity index (χ3n) is 3.80. The maximum atomic E-state index is 10.4. The molecule has 0 radical (unpaired) electrons. The van der Waals surface area contributed by atoms with Crippen LogP contribution in [0.2, 0.25) is 0 Å². The lowest BCUT2D eigenvalue weighted by Crippen LogP contribution is -2.21. The fraction of sp³-hybridized carbons (Fsp3) is 0.538. The molecule has 0 saturated heterocycles. The van der Waals surface area contributed by atoms with Gasteiger partial charge in [-0.15, -0.1) is 0 Å². The van der Waals surface area contributed by atoms with Crippen LogP contribution >= 0.6 is 15.9 Å². The van der Waals surface area contributed by atoms with Crippen molar-refractivity contribution in [2.75, 3.05) is 13.7 Å². The van der Waals surface area contributed by atoms with E-state index < -0.39 is 0 Å². The van der Waals surface area contributed by atoms with E-state index in [1.54, 1.807) is 7.11 Å². The summed E-state index contributed by atoms with van der Waals surface area (Å²) in [4.78, 5) is 0. The van der Waals surface area contributed by atoms with Crippen molar-refractivity contribution in [3.63, 3.8) is 0 Å². The number of halogens is 1. The minimum Gasteiger partial charge on any atom is -0.504 e. The zero-order valence-electron chi connectivity index (χ0n) is 10.4. The molecular weight excluding hydrogens is 282 g/mol. The molecule has 0 aromatic heterocycles. The van der Waals surface area contributed by atoms with Gasteiger partial charge in [-0.1, -0.05) is 15.9 Å². The fourth-order valence-corrected chi connectivity index (χ4v) is 2.94. The highest BCUT2D eigenvalue weighted by atomic mass is 79.9. The van der Waals surface area contributed by atoms with Gasteiger partial charge in [-0.2, -0.15) is 0 Å². The number of phenols is 1. The third-order valence-corrected chi connectivity index (χ3v) is 4.99. The number of benzene rings is 1. The lowest BCUT2D eigenvalue weighted by molar-refractivity contribution is 0.364. The average Bonchev–Trinajstić information content (AvgIpc) is 3.08. The summed E-state index contributed by atoms with van der Waals surface area (Å²) in [6, 6.07) is 0. The van der Waals surface area contributed by atoms with Crippen molar-refractivity contribution < 1.29 is 9.84 Å². The summed E-state index contributed by atoms with van der Waals surface area (Å²) in [6.45, 7) is 4.52. The van der Waals surface area contributed by atoms with Crippen molar-refractivity contribution in [2.24, 2.45) is 5.73 Å². The second-order valence-electron chi connectivity index (χ2n) is 4.81. The SMILES string of the molecule is COc1c(C)c(Br)c(C)c(C2(CN)CC2)c1O. The Kier molecular flexibility index (Phi) is 3.12. The molecule has 0 unspecified atom stereocenters. The number of nitrogens with two attached hydrogens (primary N) is 1. The molecule has 0 aliphatic heterocycles. The van der Waals surface area contributed by atoms with Gasteiger partial charge in [-0.25, -0.2) is 0 Å². The summed E-state index contributed by atoms with van der Waals surface area (Å²) in [6.07, 6.45) is 2.08. The van der Waals surface area contributed by atoms with E-state index in [4.69, 9.17) is 10.5 Å². The number of ether oxygens (including phenoxy) is 1. The Morgan fingerprint density at radius 2 is 1.94 bits per heavy atom. The third kappa shape index (κ3) is 1.74. The molecule has 1 saturated carbocycles. The summed E-state index contributed by atoms with van der Waals surface area (Å²) in [7, 11) is 1.58. The van der Waals surface area contributed by atoms with Crippen LogP contribution in [-0.4, -0.2) is 18.8 Å². The Hall–Kier alpha value is -0.740. The van der Waals surface area contributed by atoms with E-state index in [1.807, 2.05) is 13.8 Å². The van der Waals surface area contributed by atoms with Gasteiger partial charge in [0.05, 0.1) is 7.11 Å². The molecule has 0 heterocycles. The van der Waals surface area contributed by atoms with Gasteiger partial charge in [0.25, 0.3) is 0 Å². The predicted molar refractivity (Wildman–Crippen MR) is 71.8 cm³/mol. The minimum atomic E-state index is -0.0440. The Morgan fingerprint density at radius 1 is 1.35 bits per heavy atom. The predicted octanol–water partition coefficient (Wildman–Crippen LogP) is 2.77. The molecule has 3 nitrogen and oxygen atoms in total. The molecule has 1 aliphatic carbocycles. The van der Waals surface area contributed by atoms with E-state index >= 15 is 0 Å². The highest BCUT2D eigenvalue weighted by Crippen LogP contribution is 2.55. The number of hydrogen-bond donors (Lipinski definition) is 2. The summed E-state index contributed by atoms with van der Waals surface area (Å²) < 4.78 is 6.30. The van der Waals surface area contributed by atoms with Gasteiger partial charge in [0.2, 0.25) is 0 Å². The molecule has 94 valence electrons. The van der Waals surface area contributed by atoms with E-state index in [0.29, 0.717) is 12.3 Å². The second-order valence-corrected chi connectivity index (χ2v) is 5.60. The van der Waals surface area contributed by atoms with Crippen LogP contribution in [0.5, 0.6) is 11.5 Å². The Labute approximate surface area is 110 Å². The quantitative estimate of drug-likeness (QED) is 0.902. The topological polar surface area (TPSA) is 55.5 Å². The van der Waals surface area contributed by atoms with Crippen molar-refractivity contribution in [3.8, 4) is 11.5 Å². The standard InChI is InChI=1S/C13H18BrNO2/c1-7-9(13(6-15)4-5-13)11(16)12(17-3)8(2)10(7)14/h16H,4-6,15H2,1-3H3. The van der Waals surface area contributed by atoms with Crippen molar-refractivity contribution in [1.82, 2.24) is 0 Å². The number of phenolic OH excluding ortho intramolecular Hbond substituents is 1. The first-order valence-electron chi connectivity index (χ1n) is 5.74. The van der Waals surface area contributed by atoms with Gasteiger partial charge in [0.15, 0.2) is 11.5 Å². The van der Waals surface area contributed by atoms with Crippen molar-refractivity contribution in [3.05, 3.63) is 21.2 Å². The van der Waals surface area contributed by atoms with Crippen molar-refractivity contribution >= 4 is 15.9 Å². The monoisotopic (exact) mass is 299 g/mol. The van der Waals surface area contributed by atoms with Crippen LogP contribution in [0.3, 0.4) is 0 Å². The second kappa shape index (κ2) is 4.18. The number of rotatable bonds is 3. The molecule has 1 aliphatic rings. The van der Waals surface area contributed by atoms with Crippen LogP contribution in [0.4, 0.5) is 0 Å². The summed E-state index contributed by atoms with van der Waals surface area (Å²) >= 11 is 3.57. The van der Waals surface area contributed by atoms with E-state index in [0.717, 1.165) is 34.0 Å². The molecule has 0 spiro atoms. The summed E-state index contributed by atoms with van der Waals surface area (Å²) in [5.74, 6) is 0.811. The Balaban J connectivity index is 2.71. The number of hydrogen-bond acceptors (Lipinski definition) is 3. The van der Waals surface area contributed by atoms with E-state index in [1.165, 1.54) is 0 Å². The Bertz CT molecular complexity index is 467. The van der Waals surface area contributed by atoms with Crippen LogP contribution in [0, 0.1) is 13.8 Å². The van der Waals surface area contributed by atoms with Gasteiger partial charge in [0.1, 0.15) is 0 Å². The first-order chi connectivity index (χ1) is 7.98. The maximum absolute atomic E-state index is 10.4. The van der Waals surface area contributed by atoms with E-state index in [9.17, 15) is 5.11 Å². The first kappa shape index (κ1) is 12.7. The van der Waals surface area contributed by atoms with Gasteiger partial charge >= 0.3 is 0 Å². The van der Waals surface area contributed by atoms with E-state index in [-0.39, 0.29) is 11.2 Å². The molecule has 1 aromatic rings. The maximum Gasteiger partial charge on any atom is 0.164 e. The van der Waals surface area contributed by atoms with E-state index in [2.05, 4.69) is 15.9 Å². The molecule has 0 bridgehead atoms. The van der Waals surface area contributed by atoms with Crippen molar-refractivity contribution in [1.29, 1.82) is 0 Å². The Morgan fingerprint density at radius 3 is 2.35 bits per heavy atom. The number of aromatic hydroxyl groups is 1. The zero-order valence-corrected chi connectivity index (χ0v) is 12.0. The smallest absolute Gasteiger partial charge is 0.164 e. The van der Waals surface area contributed by atoms with Crippen LogP contribution < -0.4 is 10.5 Å². The highest BCUT2D eigenvalue weighted by Gasteiger charge is 2.47. The fourth-order valence-electron chi connectivity index (χ4n) is 2.57. The highest BCUT2D eigenvalue weighted by molar-refractivity contribution is 9.10. The van der Waals surface area contributed by atoms with Crippen LogP contribution in [0.25, 0.3) is 0 Å². The molecular formula is C13H18BrNO2. The minimum absolute atomic E-state index is 0.0440. The van der Waals surface area contributed by atoms with Gasteiger partial charge in [-0.05, 0) is 32.3 Å². The average molecular weight is 300 g/mol. The summed E-state index contributed by atoms with van der Waals surface area (Å²) in [5.41, 5.74) is 8.76. The molecule has 1 aromatic carbocycles. The number of methoxy groups -OCH3 is 1. The normalized spacial score (nSPS) is 17.0. The van der Waals surface area contributed by atoms with Gasteiger partial charge in [0, 0.05) is 27.6 Å². The largest absolute Gasteiger partial charge is 0.504 e.